The third-order valence-electron chi connectivity index (χ3n) is 4.13. The molecule has 1 aliphatic rings. The second-order valence-corrected chi connectivity index (χ2v) is 5.67. The molecule has 0 radical (unpaired) electrons. The van der Waals surface area contributed by atoms with Gasteiger partial charge in [-0.1, -0.05) is 0 Å². The molecule has 0 saturated heterocycles. The molecule has 8 heteroatoms. The molecule has 0 aliphatic heterocycles. The summed E-state index contributed by atoms with van der Waals surface area (Å²) in [5.74, 6) is -0.678. The van der Waals surface area contributed by atoms with Crippen LogP contribution in [-0.4, -0.2) is 42.1 Å². The van der Waals surface area contributed by atoms with Crippen molar-refractivity contribution >= 4 is 17.7 Å². The van der Waals surface area contributed by atoms with E-state index in [1.807, 2.05) is 13.8 Å². The standard InChI is InChI=1S/C14H17N5O3/c1-8-10(9(2)19-13(17-8)15-7-16-19)3-4-11(20)18-14(5-6-14)12(21)22/h7H,3-6H2,1-2H3,(H,18,20)(H,21,22). The fourth-order valence-electron chi connectivity index (χ4n) is 2.60. The van der Waals surface area contributed by atoms with Gasteiger partial charge in [0, 0.05) is 17.8 Å². The number of carbonyl (C=O) groups is 2. The van der Waals surface area contributed by atoms with Crippen LogP contribution in [0.3, 0.4) is 0 Å². The van der Waals surface area contributed by atoms with Gasteiger partial charge in [0.05, 0.1) is 0 Å². The Bertz CT molecular complexity index is 763. The van der Waals surface area contributed by atoms with E-state index >= 15 is 0 Å². The van der Waals surface area contributed by atoms with Gasteiger partial charge in [0.25, 0.3) is 5.78 Å². The van der Waals surface area contributed by atoms with E-state index in [1.165, 1.54) is 6.33 Å². The highest BCUT2D eigenvalue weighted by Gasteiger charge is 2.51. The first-order valence-electron chi connectivity index (χ1n) is 7.13. The van der Waals surface area contributed by atoms with Crippen molar-refractivity contribution in [1.82, 2.24) is 24.9 Å². The lowest BCUT2D eigenvalue weighted by Gasteiger charge is -2.13. The molecule has 2 N–H and O–H groups in total. The number of nitrogens with zero attached hydrogens (tertiary/aromatic N) is 4. The van der Waals surface area contributed by atoms with Gasteiger partial charge in [-0.15, -0.1) is 0 Å². The van der Waals surface area contributed by atoms with Crippen LogP contribution in [0.25, 0.3) is 5.78 Å². The first-order valence-corrected chi connectivity index (χ1v) is 7.13. The summed E-state index contributed by atoms with van der Waals surface area (Å²) in [7, 11) is 0. The van der Waals surface area contributed by atoms with Gasteiger partial charge < -0.3 is 10.4 Å². The number of nitrogens with one attached hydrogen (secondary N) is 1. The first-order chi connectivity index (χ1) is 10.4. The number of carboxylic acids is 1. The van der Waals surface area contributed by atoms with Crippen molar-refractivity contribution in [2.24, 2.45) is 0 Å². The monoisotopic (exact) mass is 303 g/mol. The SMILES string of the molecule is Cc1nc2ncnn2c(C)c1CCC(=O)NC1(C(=O)O)CC1. The van der Waals surface area contributed by atoms with Crippen molar-refractivity contribution < 1.29 is 14.7 Å². The molecule has 0 bridgehead atoms. The number of rotatable bonds is 5. The van der Waals surface area contributed by atoms with E-state index in [0.717, 1.165) is 17.0 Å². The molecule has 0 spiro atoms. The Balaban J connectivity index is 1.71. The topological polar surface area (TPSA) is 109 Å². The van der Waals surface area contributed by atoms with Gasteiger partial charge in [0.15, 0.2) is 0 Å². The maximum atomic E-state index is 12.0. The van der Waals surface area contributed by atoms with E-state index in [0.29, 0.717) is 25.0 Å². The van der Waals surface area contributed by atoms with Crippen LogP contribution >= 0.6 is 0 Å². The molecule has 8 nitrogen and oxygen atoms in total. The molecular formula is C14H17N5O3. The Morgan fingerprint density at radius 1 is 1.41 bits per heavy atom. The Hall–Kier alpha value is -2.51. The highest BCUT2D eigenvalue weighted by Crippen LogP contribution is 2.35. The molecular weight excluding hydrogens is 286 g/mol. The molecule has 116 valence electrons. The molecule has 2 heterocycles. The number of amides is 1. The Morgan fingerprint density at radius 2 is 2.14 bits per heavy atom. The van der Waals surface area contributed by atoms with E-state index in [4.69, 9.17) is 5.11 Å². The zero-order chi connectivity index (χ0) is 15.9. The van der Waals surface area contributed by atoms with Crippen molar-refractivity contribution in [3.63, 3.8) is 0 Å². The van der Waals surface area contributed by atoms with Gasteiger partial charge in [0.1, 0.15) is 11.9 Å². The summed E-state index contributed by atoms with van der Waals surface area (Å²) >= 11 is 0. The summed E-state index contributed by atoms with van der Waals surface area (Å²) in [6.45, 7) is 3.78. The van der Waals surface area contributed by atoms with Crippen LogP contribution in [0.2, 0.25) is 0 Å². The summed E-state index contributed by atoms with van der Waals surface area (Å²) in [6, 6.07) is 0. The molecule has 3 rings (SSSR count). The van der Waals surface area contributed by atoms with E-state index in [9.17, 15) is 9.59 Å². The van der Waals surface area contributed by atoms with Gasteiger partial charge in [0.2, 0.25) is 5.91 Å². The number of aromatic nitrogens is 4. The number of carboxylic acid groups (broad SMARTS) is 1. The molecule has 0 aromatic carbocycles. The third-order valence-corrected chi connectivity index (χ3v) is 4.13. The second kappa shape index (κ2) is 5.04. The largest absolute Gasteiger partial charge is 0.480 e. The number of hydrogen-bond donors (Lipinski definition) is 2. The Kier molecular flexibility index (Phi) is 3.31. The van der Waals surface area contributed by atoms with Crippen molar-refractivity contribution in [2.45, 2.75) is 45.1 Å². The predicted octanol–water partition coefficient (Wildman–Crippen LogP) is 0.407. The highest BCUT2D eigenvalue weighted by atomic mass is 16.4. The average molecular weight is 303 g/mol. The summed E-state index contributed by atoms with van der Waals surface area (Å²) in [5.41, 5.74) is 1.61. The average Bonchev–Trinajstić information content (AvgIpc) is 3.08. The van der Waals surface area contributed by atoms with Gasteiger partial charge >= 0.3 is 5.97 Å². The number of aliphatic carboxylic acids is 1. The van der Waals surface area contributed by atoms with Crippen molar-refractivity contribution in [2.75, 3.05) is 0 Å². The minimum absolute atomic E-state index is 0.221. The molecule has 1 amide bonds. The molecule has 0 atom stereocenters. The Labute approximate surface area is 126 Å². The lowest BCUT2D eigenvalue weighted by atomic mass is 10.1. The number of hydrogen-bond acceptors (Lipinski definition) is 5. The fourth-order valence-corrected chi connectivity index (χ4v) is 2.60. The van der Waals surface area contributed by atoms with Crippen LogP contribution < -0.4 is 5.32 Å². The Morgan fingerprint density at radius 3 is 2.77 bits per heavy atom. The number of fused-ring (bicyclic) bond motifs is 1. The normalized spacial score (nSPS) is 15.7. The minimum Gasteiger partial charge on any atom is -0.480 e. The van der Waals surface area contributed by atoms with Crippen LogP contribution in [0.5, 0.6) is 0 Å². The van der Waals surface area contributed by atoms with E-state index in [2.05, 4.69) is 20.4 Å². The van der Waals surface area contributed by atoms with Gasteiger partial charge in [-0.2, -0.15) is 10.1 Å². The lowest BCUT2D eigenvalue weighted by Crippen LogP contribution is -2.43. The van der Waals surface area contributed by atoms with Gasteiger partial charge in [-0.3, -0.25) is 4.79 Å². The maximum absolute atomic E-state index is 12.0. The van der Waals surface area contributed by atoms with Gasteiger partial charge in [-0.05, 0) is 38.7 Å². The fraction of sp³-hybridized carbons (Fsp3) is 0.500. The molecule has 2 aromatic heterocycles. The van der Waals surface area contributed by atoms with Crippen molar-refractivity contribution in [1.29, 1.82) is 0 Å². The lowest BCUT2D eigenvalue weighted by molar-refractivity contribution is -0.143. The predicted molar refractivity (Wildman–Crippen MR) is 76.3 cm³/mol. The molecule has 2 aromatic rings. The van der Waals surface area contributed by atoms with Crippen LogP contribution in [0.1, 0.15) is 36.2 Å². The van der Waals surface area contributed by atoms with Crippen molar-refractivity contribution in [3.05, 3.63) is 23.3 Å². The minimum atomic E-state index is -1.03. The molecule has 1 aliphatic carbocycles. The first kappa shape index (κ1) is 14.4. The van der Waals surface area contributed by atoms with Gasteiger partial charge in [-0.25, -0.2) is 14.3 Å². The molecule has 1 fully saturated rings. The quantitative estimate of drug-likeness (QED) is 0.828. The summed E-state index contributed by atoms with van der Waals surface area (Å²) in [4.78, 5) is 31.5. The van der Waals surface area contributed by atoms with E-state index < -0.39 is 11.5 Å². The van der Waals surface area contributed by atoms with Crippen LogP contribution in [0.4, 0.5) is 0 Å². The summed E-state index contributed by atoms with van der Waals surface area (Å²) in [5, 5.41) is 15.8. The molecule has 22 heavy (non-hydrogen) atoms. The smallest absolute Gasteiger partial charge is 0.329 e. The zero-order valence-electron chi connectivity index (χ0n) is 12.5. The number of carbonyl (C=O) groups excluding carboxylic acids is 1. The van der Waals surface area contributed by atoms with Crippen LogP contribution in [0, 0.1) is 13.8 Å². The van der Waals surface area contributed by atoms with Crippen molar-refractivity contribution in [3.8, 4) is 0 Å². The second-order valence-electron chi connectivity index (χ2n) is 5.67. The van der Waals surface area contributed by atoms with Crippen LogP contribution in [0.15, 0.2) is 6.33 Å². The zero-order valence-corrected chi connectivity index (χ0v) is 12.5. The maximum Gasteiger partial charge on any atom is 0.329 e. The third kappa shape index (κ3) is 2.40. The molecule has 0 unspecified atom stereocenters. The number of aryl methyl sites for hydroxylation is 2. The highest BCUT2D eigenvalue weighted by molar-refractivity contribution is 5.89. The van der Waals surface area contributed by atoms with Crippen LogP contribution in [-0.2, 0) is 16.0 Å². The van der Waals surface area contributed by atoms with E-state index in [-0.39, 0.29) is 12.3 Å². The summed E-state index contributed by atoms with van der Waals surface area (Å²) < 4.78 is 1.64. The van der Waals surface area contributed by atoms with E-state index in [1.54, 1.807) is 4.52 Å². The summed E-state index contributed by atoms with van der Waals surface area (Å²) in [6.07, 6.45) is 3.15. The molecule has 1 saturated carbocycles.